The maximum atomic E-state index is 12.1. The highest BCUT2D eigenvalue weighted by Gasteiger charge is 2.18. The van der Waals surface area contributed by atoms with Gasteiger partial charge >= 0.3 is 0 Å². The fraction of sp³-hybridized carbons (Fsp3) is 0.267. The number of nitrogens with zero attached hydrogens (tertiary/aromatic N) is 2. The van der Waals surface area contributed by atoms with E-state index in [0.717, 1.165) is 11.1 Å². The normalized spacial score (nSPS) is 16.1. The third kappa shape index (κ3) is 4.89. The lowest BCUT2D eigenvalue weighted by Crippen LogP contribution is -2.31. The number of aryl methyl sites for hydroxylation is 1. The third-order valence-electron chi connectivity index (χ3n) is 2.97. The van der Waals surface area contributed by atoms with Gasteiger partial charge in [0.1, 0.15) is 5.70 Å². The summed E-state index contributed by atoms with van der Waals surface area (Å²) in [6.07, 6.45) is 7.13. The molecule has 1 amide bonds. The number of carbonyl (C=O) groups is 1. The summed E-state index contributed by atoms with van der Waals surface area (Å²) < 4.78 is 1.71. The highest BCUT2D eigenvalue weighted by Crippen LogP contribution is 2.15. The summed E-state index contributed by atoms with van der Waals surface area (Å²) in [6.45, 7) is 8.60. The van der Waals surface area contributed by atoms with Crippen molar-refractivity contribution in [1.29, 1.82) is 5.41 Å². The number of hydrogen-bond acceptors (Lipinski definition) is 4. The van der Waals surface area contributed by atoms with E-state index in [-0.39, 0.29) is 11.9 Å². The number of amides is 1. The van der Waals surface area contributed by atoms with Crippen LogP contribution < -0.4 is 10.6 Å². The Kier molecular flexibility index (Phi) is 6.59. The van der Waals surface area contributed by atoms with Gasteiger partial charge in [0.15, 0.2) is 0 Å². The first kappa shape index (κ1) is 17.7. The molecule has 1 aromatic rings. The average Bonchev–Trinajstić information content (AvgIpc) is 3.09. The molecule has 1 unspecified atom stereocenters. The van der Waals surface area contributed by atoms with Gasteiger partial charge in [0.2, 0.25) is 0 Å². The predicted molar refractivity (Wildman–Crippen MR) is 88.8 cm³/mol. The van der Waals surface area contributed by atoms with Crippen LogP contribution in [0.3, 0.4) is 0 Å². The van der Waals surface area contributed by atoms with Crippen LogP contribution in [0.4, 0.5) is 0 Å². The van der Waals surface area contributed by atoms with E-state index in [1.165, 1.54) is 0 Å². The summed E-state index contributed by atoms with van der Waals surface area (Å²) in [6, 6.07) is -0.102. The molecule has 0 spiro atoms. The van der Waals surface area contributed by atoms with Crippen LogP contribution in [-0.4, -0.2) is 28.9 Å². The first-order valence-corrected chi connectivity index (χ1v) is 6.99. The van der Waals surface area contributed by atoms with Crippen LogP contribution in [0.15, 0.2) is 47.4 Å². The predicted octanol–water partition coefficient (Wildman–Crippen LogP) is 2.03. The van der Waals surface area contributed by atoms with Gasteiger partial charge in [0.25, 0.3) is 5.91 Å². The molecular formula is C15H20ClN5O. The molecule has 118 valence electrons. The Hall–Kier alpha value is -2.34. The molecule has 0 fully saturated rings. The molecule has 2 rings (SSSR count). The second kappa shape index (κ2) is 8.19. The van der Waals surface area contributed by atoms with E-state index in [4.69, 9.17) is 17.0 Å². The van der Waals surface area contributed by atoms with Crippen molar-refractivity contribution in [2.24, 2.45) is 7.05 Å². The Balaban J connectivity index is 0.00000116. The lowest BCUT2D eigenvalue weighted by molar-refractivity contribution is -0.118. The highest BCUT2D eigenvalue weighted by molar-refractivity contribution is 6.30. The second-order valence-corrected chi connectivity index (χ2v) is 5.21. The van der Waals surface area contributed by atoms with E-state index in [2.05, 4.69) is 29.0 Å². The second-order valence-electron chi connectivity index (χ2n) is 4.72. The Morgan fingerprint density at radius 2 is 2.32 bits per heavy atom. The first-order valence-electron chi connectivity index (χ1n) is 6.61. The molecule has 0 saturated carbocycles. The van der Waals surface area contributed by atoms with Crippen molar-refractivity contribution in [3.8, 4) is 0 Å². The van der Waals surface area contributed by atoms with Crippen molar-refractivity contribution < 1.29 is 4.79 Å². The van der Waals surface area contributed by atoms with Crippen LogP contribution >= 0.6 is 11.6 Å². The summed E-state index contributed by atoms with van der Waals surface area (Å²) >= 11 is 5.71. The molecule has 0 saturated heterocycles. The van der Waals surface area contributed by atoms with Crippen LogP contribution in [0.25, 0.3) is 0 Å². The third-order valence-corrected chi connectivity index (χ3v) is 3.08. The average molecular weight is 322 g/mol. The van der Waals surface area contributed by atoms with Gasteiger partial charge in [-0.2, -0.15) is 5.10 Å². The standard InChI is InChI=1S/C14H17ClN4O.CH3N/c1-9(15)4-11-5-13(16-6-11)14(20)18-10(2)12-7-17-19(3)8-12;1-2/h4-5,7-8,10,16H,1,6H2,2-3H3,(H,18,20);2H,1H2/b11-4-;. The number of nitrogens with one attached hydrogen (secondary N) is 3. The number of halogens is 1. The lowest BCUT2D eigenvalue weighted by Gasteiger charge is -2.12. The van der Waals surface area contributed by atoms with Crippen molar-refractivity contribution in [2.75, 3.05) is 6.54 Å². The number of allylic oxidation sites excluding steroid dienone is 2. The Labute approximate surface area is 135 Å². The maximum Gasteiger partial charge on any atom is 0.267 e. The fourth-order valence-corrected chi connectivity index (χ4v) is 2.09. The van der Waals surface area contributed by atoms with Crippen molar-refractivity contribution >= 4 is 24.2 Å². The number of hydrogen-bond donors (Lipinski definition) is 3. The van der Waals surface area contributed by atoms with Crippen molar-refractivity contribution in [1.82, 2.24) is 20.4 Å². The molecule has 1 aliphatic rings. The number of aromatic nitrogens is 2. The van der Waals surface area contributed by atoms with Crippen LogP contribution in [-0.2, 0) is 11.8 Å². The molecule has 22 heavy (non-hydrogen) atoms. The number of carbonyl (C=O) groups excluding carboxylic acids is 1. The SMILES string of the molecule is C=C(Cl)/C=C1/C=C(C(=O)NC(C)c2cnn(C)c2)NC1.C=N. The lowest BCUT2D eigenvalue weighted by atomic mass is 10.2. The van der Waals surface area contributed by atoms with E-state index in [1.54, 1.807) is 23.0 Å². The smallest absolute Gasteiger partial charge is 0.267 e. The minimum absolute atomic E-state index is 0.102. The molecular weight excluding hydrogens is 302 g/mol. The van der Waals surface area contributed by atoms with E-state index in [0.29, 0.717) is 17.3 Å². The molecule has 1 aliphatic heterocycles. The minimum atomic E-state index is -0.148. The van der Waals surface area contributed by atoms with Gasteiger partial charge in [0, 0.05) is 30.4 Å². The summed E-state index contributed by atoms with van der Waals surface area (Å²) in [4.78, 5) is 12.1. The van der Waals surface area contributed by atoms with Crippen LogP contribution in [0, 0.1) is 5.41 Å². The van der Waals surface area contributed by atoms with Gasteiger partial charge < -0.3 is 16.0 Å². The summed E-state index contributed by atoms with van der Waals surface area (Å²) in [5.74, 6) is -0.148. The molecule has 1 aromatic heterocycles. The molecule has 2 heterocycles. The van der Waals surface area contributed by atoms with Gasteiger partial charge in [-0.05, 0) is 31.4 Å². The van der Waals surface area contributed by atoms with Crippen LogP contribution in [0.1, 0.15) is 18.5 Å². The Morgan fingerprint density at radius 3 is 2.86 bits per heavy atom. The largest absolute Gasteiger partial charge is 0.377 e. The summed E-state index contributed by atoms with van der Waals surface area (Å²) in [5, 5.41) is 16.0. The van der Waals surface area contributed by atoms with Gasteiger partial charge in [-0.25, -0.2) is 0 Å². The monoisotopic (exact) mass is 321 g/mol. The van der Waals surface area contributed by atoms with E-state index >= 15 is 0 Å². The van der Waals surface area contributed by atoms with Crippen LogP contribution in [0.2, 0.25) is 0 Å². The zero-order chi connectivity index (χ0) is 16.7. The van der Waals surface area contributed by atoms with Crippen molar-refractivity contribution in [2.45, 2.75) is 13.0 Å². The topological polar surface area (TPSA) is 82.8 Å². The number of rotatable bonds is 4. The van der Waals surface area contributed by atoms with Crippen molar-refractivity contribution in [3.63, 3.8) is 0 Å². The van der Waals surface area contributed by atoms with Gasteiger partial charge in [-0.15, -0.1) is 0 Å². The zero-order valence-electron chi connectivity index (χ0n) is 12.7. The summed E-state index contributed by atoms with van der Waals surface area (Å²) in [5.41, 5.74) is 2.43. The molecule has 0 aliphatic carbocycles. The molecule has 0 bridgehead atoms. The van der Waals surface area contributed by atoms with Gasteiger partial charge in [0.05, 0.1) is 12.2 Å². The highest BCUT2D eigenvalue weighted by atomic mass is 35.5. The zero-order valence-corrected chi connectivity index (χ0v) is 13.4. The molecule has 7 heteroatoms. The summed E-state index contributed by atoms with van der Waals surface area (Å²) in [7, 11) is 1.84. The fourth-order valence-electron chi connectivity index (χ4n) is 1.95. The van der Waals surface area contributed by atoms with Gasteiger partial charge in [-0.3, -0.25) is 9.48 Å². The maximum absolute atomic E-state index is 12.1. The van der Waals surface area contributed by atoms with E-state index in [1.807, 2.05) is 20.2 Å². The Bertz CT molecular complexity index is 617. The molecule has 0 aromatic carbocycles. The molecule has 6 nitrogen and oxygen atoms in total. The molecule has 1 atom stereocenters. The van der Waals surface area contributed by atoms with Crippen molar-refractivity contribution in [3.05, 3.63) is 53.0 Å². The molecule has 0 radical (unpaired) electrons. The molecule has 3 N–H and O–H groups in total. The van der Waals surface area contributed by atoms with Gasteiger partial charge in [-0.1, -0.05) is 18.2 Å². The minimum Gasteiger partial charge on any atom is -0.377 e. The van der Waals surface area contributed by atoms with Crippen LogP contribution in [0.5, 0.6) is 0 Å². The Morgan fingerprint density at radius 1 is 1.64 bits per heavy atom. The van der Waals surface area contributed by atoms with E-state index < -0.39 is 0 Å². The first-order chi connectivity index (χ1) is 10.5. The quantitative estimate of drug-likeness (QED) is 0.742. The van der Waals surface area contributed by atoms with E-state index in [9.17, 15) is 4.79 Å².